The molecule has 0 unspecified atom stereocenters. The Morgan fingerprint density at radius 2 is 2.22 bits per heavy atom. The van der Waals surface area contributed by atoms with Gasteiger partial charge in [0, 0.05) is 26.4 Å². The summed E-state index contributed by atoms with van der Waals surface area (Å²) in [5.41, 5.74) is -0.721. The van der Waals surface area contributed by atoms with Crippen molar-refractivity contribution in [2.24, 2.45) is 0 Å². The largest absolute Gasteiger partial charge is 0.461 e. The molecule has 1 saturated carbocycles. The topological polar surface area (TPSA) is 92.6 Å². The lowest BCUT2D eigenvalue weighted by atomic mass is 10.0. The Kier molecular flexibility index (Phi) is 4.47. The van der Waals surface area contributed by atoms with Crippen LogP contribution >= 0.6 is 0 Å². The van der Waals surface area contributed by atoms with Crippen LogP contribution in [0, 0.1) is 0 Å². The minimum absolute atomic E-state index is 0.0388. The molecule has 1 aliphatic rings. The molecule has 0 spiro atoms. The first-order chi connectivity index (χ1) is 11.1. The van der Waals surface area contributed by atoms with Crippen LogP contribution in [0.15, 0.2) is 27.3 Å². The zero-order valence-electron chi connectivity index (χ0n) is 13.2. The van der Waals surface area contributed by atoms with Crippen molar-refractivity contribution in [1.82, 2.24) is 15.0 Å². The van der Waals surface area contributed by atoms with Gasteiger partial charge >= 0.3 is 0 Å². The van der Waals surface area contributed by atoms with Gasteiger partial charge in [0.05, 0.1) is 11.9 Å². The molecule has 7 nitrogen and oxygen atoms in total. The van der Waals surface area contributed by atoms with Gasteiger partial charge in [-0.2, -0.15) is 4.98 Å². The molecule has 1 N–H and O–H groups in total. The molecule has 1 fully saturated rings. The van der Waals surface area contributed by atoms with E-state index in [1.54, 1.807) is 24.1 Å². The highest BCUT2D eigenvalue weighted by atomic mass is 16.5. The Bertz CT molecular complexity index is 644. The number of hydrogen-bond donors (Lipinski definition) is 1. The Hall–Kier alpha value is -2.15. The number of nitrogens with zero attached hydrogens (tertiary/aromatic N) is 3. The van der Waals surface area contributed by atoms with Crippen molar-refractivity contribution in [2.45, 2.75) is 44.1 Å². The molecule has 0 saturated heterocycles. The highest BCUT2D eigenvalue weighted by Crippen LogP contribution is 2.30. The van der Waals surface area contributed by atoms with Crippen molar-refractivity contribution < 1.29 is 18.8 Å². The minimum atomic E-state index is -0.721. The molecule has 2 heterocycles. The summed E-state index contributed by atoms with van der Waals surface area (Å²) in [6, 6.07) is 3.49. The second kappa shape index (κ2) is 6.54. The van der Waals surface area contributed by atoms with E-state index in [1.165, 1.54) is 6.26 Å². The van der Waals surface area contributed by atoms with Crippen LogP contribution in [0.2, 0.25) is 0 Å². The highest BCUT2D eigenvalue weighted by Gasteiger charge is 2.33. The number of aryl methyl sites for hydroxylation is 1. The molecule has 1 aliphatic carbocycles. The standard InChI is InChI=1S/C16H21N3O4/c1-19(11-16(21)8-2-3-9-16)14(20)7-6-13-17-15(18-23-13)12-5-4-10-22-12/h4-5,10,21H,2-3,6-9,11H2,1H3. The number of aliphatic hydroxyl groups is 1. The molecule has 2 aromatic rings. The van der Waals surface area contributed by atoms with Gasteiger partial charge < -0.3 is 18.9 Å². The van der Waals surface area contributed by atoms with E-state index < -0.39 is 5.60 Å². The third-order valence-electron chi connectivity index (χ3n) is 4.25. The van der Waals surface area contributed by atoms with Gasteiger partial charge in [0.1, 0.15) is 0 Å². The van der Waals surface area contributed by atoms with Crippen LogP contribution in [0.25, 0.3) is 11.6 Å². The maximum Gasteiger partial charge on any atom is 0.238 e. The second-order valence-electron chi connectivity index (χ2n) is 6.17. The third kappa shape index (κ3) is 3.79. The van der Waals surface area contributed by atoms with Crippen LogP contribution in [-0.2, 0) is 11.2 Å². The number of furan rings is 1. The SMILES string of the molecule is CN(CC1(O)CCCC1)C(=O)CCc1nc(-c2ccco2)no1. The fraction of sp³-hybridized carbons (Fsp3) is 0.562. The van der Waals surface area contributed by atoms with E-state index in [0.717, 1.165) is 25.7 Å². The van der Waals surface area contributed by atoms with E-state index in [1.807, 2.05) is 0 Å². The maximum atomic E-state index is 12.2. The molecule has 0 radical (unpaired) electrons. The average molecular weight is 319 g/mol. The van der Waals surface area contributed by atoms with Crippen LogP contribution in [0.1, 0.15) is 38.0 Å². The Labute approximate surface area is 134 Å². The van der Waals surface area contributed by atoms with Crippen LogP contribution in [0.5, 0.6) is 0 Å². The summed E-state index contributed by atoms with van der Waals surface area (Å²) in [7, 11) is 1.72. The van der Waals surface area contributed by atoms with Crippen molar-refractivity contribution >= 4 is 5.91 Å². The van der Waals surface area contributed by atoms with Crippen LogP contribution < -0.4 is 0 Å². The van der Waals surface area contributed by atoms with Crippen molar-refractivity contribution in [3.8, 4) is 11.6 Å². The zero-order valence-corrected chi connectivity index (χ0v) is 13.2. The van der Waals surface area contributed by atoms with Gasteiger partial charge in [-0.3, -0.25) is 4.79 Å². The van der Waals surface area contributed by atoms with Crippen LogP contribution in [0.3, 0.4) is 0 Å². The number of amides is 1. The van der Waals surface area contributed by atoms with Crippen molar-refractivity contribution in [3.63, 3.8) is 0 Å². The summed E-state index contributed by atoms with van der Waals surface area (Å²) in [5.74, 6) is 1.28. The van der Waals surface area contributed by atoms with Gasteiger partial charge in [-0.25, -0.2) is 0 Å². The number of rotatable bonds is 6. The van der Waals surface area contributed by atoms with E-state index in [2.05, 4.69) is 10.1 Å². The fourth-order valence-corrected chi connectivity index (χ4v) is 2.99. The lowest BCUT2D eigenvalue weighted by molar-refractivity contribution is -0.133. The number of carbonyl (C=O) groups is 1. The molecule has 3 rings (SSSR count). The number of hydrogen-bond acceptors (Lipinski definition) is 6. The zero-order chi connectivity index (χ0) is 16.3. The minimum Gasteiger partial charge on any atom is -0.461 e. The molecule has 0 atom stereocenters. The Morgan fingerprint density at radius 3 is 2.91 bits per heavy atom. The summed E-state index contributed by atoms with van der Waals surface area (Å²) in [4.78, 5) is 18.0. The van der Waals surface area contributed by atoms with Crippen LogP contribution in [0.4, 0.5) is 0 Å². The van der Waals surface area contributed by atoms with Gasteiger partial charge in [0.2, 0.25) is 17.6 Å². The first kappa shape index (κ1) is 15.7. The molecule has 0 aliphatic heterocycles. The molecular weight excluding hydrogens is 298 g/mol. The van der Waals surface area contributed by atoms with E-state index in [9.17, 15) is 9.90 Å². The van der Waals surface area contributed by atoms with E-state index in [4.69, 9.17) is 8.94 Å². The Morgan fingerprint density at radius 1 is 1.43 bits per heavy atom. The first-order valence-corrected chi connectivity index (χ1v) is 7.89. The summed E-state index contributed by atoms with van der Waals surface area (Å²) in [6.07, 6.45) is 5.76. The van der Waals surface area contributed by atoms with Crippen molar-refractivity contribution in [1.29, 1.82) is 0 Å². The lowest BCUT2D eigenvalue weighted by Gasteiger charge is -2.28. The second-order valence-corrected chi connectivity index (χ2v) is 6.17. The predicted octanol–water partition coefficient (Wildman–Crippen LogP) is 2.03. The van der Waals surface area contributed by atoms with E-state index in [-0.39, 0.29) is 12.3 Å². The molecule has 7 heteroatoms. The molecule has 2 aromatic heterocycles. The normalized spacial score (nSPS) is 16.6. The number of aromatic nitrogens is 2. The number of likely N-dealkylation sites (N-methyl/N-ethyl adjacent to an activating group) is 1. The monoisotopic (exact) mass is 319 g/mol. The highest BCUT2D eigenvalue weighted by molar-refractivity contribution is 5.76. The molecule has 23 heavy (non-hydrogen) atoms. The van der Waals surface area contributed by atoms with Gasteiger partial charge in [-0.05, 0) is 25.0 Å². The molecule has 124 valence electrons. The predicted molar refractivity (Wildman–Crippen MR) is 81.4 cm³/mol. The lowest BCUT2D eigenvalue weighted by Crippen LogP contribution is -2.42. The van der Waals surface area contributed by atoms with Crippen molar-refractivity contribution in [2.75, 3.05) is 13.6 Å². The maximum absolute atomic E-state index is 12.2. The molecule has 0 aromatic carbocycles. The summed E-state index contributed by atoms with van der Waals surface area (Å²) >= 11 is 0. The van der Waals surface area contributed by atoms with E-state index in [0.29, 0.717) is 30.4 Å². The van der Waals surface area contributed by atoms with Crippen molar-refractivity contribution in [3.05, 3.63) is 24.3 Å². The molecule has 1 amide bonds. The quantitative estimate of drug-likeness (QED) is 0.875. The third-order valence-corrected chi connectivity index (χ3v) is 4.25. The van der Waals surface area contributed by atoms with Gasteiger partial charge in [0.15, 0.2) is 5.76 Å². The van der Waals surface area contributed by atoms with Gasteiger partial charge in [-0.1, -0.05) is 18.0 Å². The van der Waals surface area contributed by atoms with Crippen LogP contribution in [-0.4, -0.2) is 45.2 Å². The molecule has 0 bridgehead atoms. The smallest absolute Gasteiger partial charge is 0.238 e. The van der Waals surface area contributed by atoms with Gasteiger partial charge in [0.25, 0.3) is 0 Å². The average Bonchev–Trinajstić information content (AvgIpc) is 3.25. The first-order valence-electron chi connectivity index (χ1n) is 7.89. The summed E-state index contributed by atoms with van der Waals surface area (Å²) < 4.78 is 10.3. The number of carbonyl (C=O) groups excluding carboxylic acids is 1. The Balaban J connectivity index is 1.50. The summed E-state index contributed by atoms with van der Waals surface area (Å²) in [6.45, 7) is 0.382. The summed E-state index contributed by atoms with van der Waals surface area (Å²) in [5, 5.41) is 14.2. The van der Waals surface area contributed by atoms with Gasteiger partial charge in [-0.15, -0.1) is 0 Å². The van der Waals surface area contributed by atoms with E-state index >= 15 is 0 Å². The molecular formula is C16H21N3O4. The fourth-order valence-electron chi connectivity index (χ4n) is 2.99.